The average Bonchev–Trinajstić information content (AvgIpc) is 3.04. The molecule has 0 saturated heterocycles. The summed E-state index contributed by atoms with van der Waals surface area (Å²) < 4.78 is 16.0. The summed E-state index contributed by atoms with van der Waals surface area (Å²) >= 11 is 3.45. The van der Waals surface area contributed by atoms with Gasteiger partial charge in [0, 0.05) is 4.47 Å². The molecule has 0 aliphatic carbocycles. The van der Waals surface area contributed by atoms with Crippen molar-refractivity contribution in [2.45, 2.75) is 18.5 Å². The molecule has 1 N–H and O–H groups in total. The van der Waals surface area contributed by atoms with Gasteiger partial charge >= 0.3 is 0 Å². The van der Waals surface area contributed by atoms with Gasteiger partial charge in [0.25, 0.3) is 0 Å². The minimum atomic E-state index is -0.246. The third-order valence-electron chi connectivity index (χ3n) is 4.08. The van der Waals surface area contributed by atoms with Crippen molar-refractivity contribution < 1.29 is 4.39 Å². The van der Waals surface area contributed by atoms with E-state index in [9.17, 15) is 4.39 Å². The van der Waals surface area contributed by atoms with E-state index in [0.29, 0.717) is 5.95 Å². The standard InChI is InChI=1S/C16H13BrFN5/c17-12-5-1-10(2-6-12)14-9-15(11-3-7-13(18)8-4-11)23-16(19-14)20-21-22-23/h1-8,14-15H,9H2,(H,19,20,22)/t14-,15+/m0/s1. The van der Waals surface area contributed by atoms with Gasteiger partial charge in [-0.1, -0.05) is 45.3 Å². The first-order valence-corrected chi connectivity index (χ1v) is 8.05. The number of benzene rings is 2. The third-order valence-corrected chi connectivity index (χ3v) is 4.61. The minimum absolute atomic E-state index is 0.0319. The first-order chi connectivity index (χ1) is 11.2. The molecular weight excluding hydrogens is 361 g/mol. The maximum Gasteiger partial charge on any atom is 0.243 e. The Morgan fingerprint density at radius 3 is 2.48 bits per heavy atom. The summed E-state index contributed by atoms with van der Waals surface area (Å²) in [6, 6.07) is 14.7. The predicted molar refractivity (Wildman–Crippen MR) is 87.5 cm³/mol. The zero-order valence-electron chi connectivity index (χ0n) is 12.0. The van der Waals surface area contributed by atoms with Gasteiger partial charge in [0.1, 0.15) is 5.82 Å². The second-order valence-corrected chi connectivity index (χ2v) is 6.41. The van der Waals surface area contributed by atoms with Crippen LogP contribution in [0.15, 0.2) is 53.0 Å². The number of nitrogens with zero attached hydrogens (tertiary/aromatic N) is 4. The number of tetrazole rings is 1. The molecule has 2 atom stereocenters. The Balaban J connectivity index is 1.71. The lowest BCUT2D eigenvalue weighted by Crippen LogP contribution is -2.28. The monoisotopic (exact) mass is 373 g/mol. The van der Waals surface area contributed by atoms with Crippen molar-refractivity contribution in [3.05, 3.63) is 69.9 Å². The molecule has 7 heteroatoms. The Morgan fingerprint density at radius 1 is 1.04 bits per heavy atom. The number of hydrogen-bond acceptors (Lipinski definition) is 4. The first kappa shape index (κ1) is 14.3. The average molecular weight is 374 g/mol. The van der Waals surface area contributed by atoms with Crippen LogP contribution >= 0.6 is 15.9 Å². The van der Waals surface area contributed by atoms with Crippen molar-refractivity contribution in [2.24, 2.45) is 0 Å². The van der Waals surface area contributed by atoms with Crippen LogP contribution in [0.25, 0.3) is 0 Å². The summed E-state index contributed by atoms with van der Waals surface area (Å²) in [7, 11) is 0. The number of nitrogens with one attached hydrogen (secondary N) is 1. The fraction of sp³-hybridized carbons (Fsp3) is 0.188. The van der Waals surface area contributed by atoms with Crippen molar-refractivity contribution in [1.29, 1.82) is 0 Å². The smallest absolute Gasteiger partial charge is 0.243 e. The summed E-state index contributed by atoms with van der Waals surface area (Å²) in [5.74, 6) is 0.377. The fourth-order valence-corrected chi connectivity index (χ4v) is 3.18. The van der Waals surface area contributed by atoms with Gasteiger partial charge in [-0.3, -0.25) is 0 Å². The number of aromatic nitrogens is 4. The maximum atomic E-state index is 13.2. The minimum Gasteiger partial charge on any atom is -0.346 e. The highest BCUT2D eigenvalue weighted by molar-refractivity contribution is 9.10. The Hall–Kier alpha value is -2.28. The molecule has 0 radical (unpaired) electrons. The van der Waals surface area contributed by atoms with Crippen LogP contribution in [0.1, 0.15) is 29.6 Å². The van der Waals surface area contributed by atoms with Gasteiger partial charge in [0.05, 0.1) is 12.1 Å². The molecule has 2 aromatic carbocycles. The second kappa shape index (κ2) is 5.73. The van der Waals surface area contributed by atoms with Gasteiger partial charge in [-0.2, -0.15) is 0 Å². The lowest BCUT2D eigenvalue weighted by Gasteiger charge is -2.31. The predicted octanol–water partition coefficient (Wildman–Crippen LogP) is 3.72. The molecule has 0 bridgehead atoms. The van der Waals surface area contributed by atoms with Gasteiger partial charge < -0.3 is 5.32 Å². The van der Waals surface area contributed by atoms with E-state index in [0.717, 1.165) is 22.0 Å². The summed E-state index contributed by atoms with van der Waals surface area (Å²) in [5, 5.41) is 15.2. The van der Waals surface area contributed by atoms with Gasteiger partial charge in [-0.15, -0.1) is 0 Å². The van der Waals surface area contributed by atoms with Gasteiger partial charge in [-0.05, 0) is 52.2 Å². The van der Waals surface area contributed by atoms with Crippen LogP contribution in [0, 0.1) is 5.82 Å². The van der Waals surface area contributed by atoms with Gasteiger partial charge in [0.15, 0.2) is 0 Å². The topological polar surface area (TPSA) is 55.6 Å². The molecule has 1 aromatic heterocycles. The molecule has 0 unspecified atom stereocenters. The lowest BCUT2D eigenvalue weighted by atomic mass is 9.93. The number of anilines is 1. The van der Waals surface area contributed by atoms with Crippen LogP contribution in [0.5, 0.6) is 0 Å². The van der Waals surface area contributed by atoms with Crippen LogP contribution in [0.2, 0.25) is 0 Å². The maximum absolute atomic E-state index is 13.2. The molecule has 3 aromatic rings. The second-order valence-electron chi connectivity index (χ2n) is 5.50. The number of halogens is 2. The molecule has 23 heavy (non-hydrogen) atoms. The number of fused-ring (bicyclic) bond motifs is 1. The molecule has 4 rings (SSSR count). The molecule has 0 saturated carbocycles. The Kier molecular flexibility index (Phi) is 3.57. The van der Waals surface area contributed by atoms with Gasteiger partial charge in [0.2, 0.25) is 5.95 Å². The van der Waals surface area contributed by atoms with Crippen LogP contribution in [-0.4, -0.2) is 20.2 Å². The normalized spacial score (nSPS) is 19.9. The molecule has 5 nitrogen and oxygen atoms in total. The lowest BCUT2D eigenvalue weighted by molar-refractivity contribution is 0.423. The third kappa shape index (κ3) is 2.72. The summed E-state index contributed by atoms with van der Waals surface area (Å²) in [5.41, 5.74) is 2.15. The highest BCUT2D eigenvalue weighted by Gasteiger charge is 2.30. The van der Waals surface area contributed by atoms with E-state index >= 15 is 0 Å². The Bertz CT molecular complexity index is 815. The van der Waals surface area contributed by atoms with E-state index in [-0.39, 0.29) is 17.9 Å². The molecule has 0 fully saturated rings. The van der Waals surface area contributed by atoms with Crippen LogP contribution in [0.4, 0.5) is 10.3 Å². The zero-order chi connectivity index (χ0) is 15.8. The molecule has 1 aliphatic rings. The van der Waals surface area contributed by atoms with Crippen molar-refractivity contribution >= 4 is 21.9 Å². The quantitative estimate of drug-likeness (QED) is 0.743. The first-order valence-electron chi connectivity index (χ1n) is 7.26. The highest BCUT2D eigenvalue weighted by Crippen LogP contribution is 2.37. The van der Waals surface area contributed by atoms with E-state index in [2.05, 4.69) is 48.9 Å². The Labute approximate surface area is 140 Å². The van der Waals surface area contributed by atoms with E-state index in [4.69, 9.17) is 0 Å². The van der Waals surface area contributed by atoms with Crippen LogP contribution in [0.3, 0.4) is 0 Å². The summed E-state index contributed by atoms with van der Waals surface area (Å²) in [6.07, 6.45) is 0.783. The molecule has 0 spiro atoms. The molecular formula is C16H13BrFN5. The number of hydrogen-bond donors (Lipinski definition) is 1. The van der Waals surface area contributed by atoms with Crippen molar-refractivity contribution in [2.75, 3.05) is 5.32 Å². The largest absolute Gasteiger partial charge is 0.346 e. The summed E-state index contributed by atoms with van der Waals surface area (Å²) in [6.45, 7) is 0. The molecule has 1 aliphatic heterocycles. The number of rotatable bonds is 2. The van der Waals surface area contributed by atoms with E-state index in [1.165, 1.54) is 12.1 Å². The highest BCUT2D eigenvalue weighted by atomic mass is 79.9. The van der Waals surface area contributed by atoms with Gasteiger partial charge in [-0.25, -0.2) is 9.07 Å². The van der Waals surface area contributed by atoms with Crippen LogP contribution < -0.4 is 5.32 Å². The van der Waals surface area contributed by atoms with Crippen molar-refractivity contribution in [3.8, 4) is 0 Å². The van der Waals surface area contributed by atoms with E-state index in [1.807, 2.05) is 12.1 Å². The SMILES string of the molecule is Fc1ccc([C@H]2C[C@@H](c3ccc(Br)cc3)Nc3nnnn32)cc1. The van der Waals surface area contributed by atoms with E-state index < -0.39 is 0 Å². The molecule has 116 valence electrons. The van der Waals surface area contributed by atoms with E-state index in [1.54, 1.807) is 16.8 Å². The van der Waals surface area contributed by atoms with Crippen molar-refractivity contribution in [1.82, 2.24) is 20.2 Å². The molecule has 2 heterocycles. The molecule has 0 amide bonds. The zero-order valence-corrected chi connectivity index (χ0v) is 13.6. The summed E-state index contributed by atoms with van der Waals surface area (Å²) in [4.78, 5) is 0. The van der Waals surface area contributed by atoms with Crippen LogP contribution in [-0.2, 0) is 0 Å². The van der Waals surface area contributed by atoms with Crippen molar-refractivity contribution in [3.63, 3.8) is 0 Å². The Morgan fingerprint density at radius 2 is 1.74 bits per heavy atom. The fourth-order valence-electron chi connectivity index (χ4n) is 2.91.